The maximum absolute atomic E-state index is 12.2. The smallest absolute Gasteiger partial charge is 0.225 e. The minimum absolute atomic E-state index is 0.0489. The van der Waals surface area contributed by atoms with E-state index in [1.165, 1.54) is 0 Å². The molecular formula is C15H21N3O3. The van der Waals surface area contributed by atoms with E-state index in [4.69, 9.17) is 10.9 Å². The fourth-order valence-electron chi connectivity index (χ4n) is 2.84. The van der Waals surface area contributed by atoms with Gasteiger partial charge in [0.2, 0.25) is 5.91 Å². The van der Waals surface area contributed by atoms with Crippen molar-refractivity contribution in [2.24, 2.45) is 10.9 Å². The summed E-state index contributed by atoms with van der Waals surface area (Å²) in [6, 6.07) is 6.71. The number of amidine groups is 1. The highest BCUT2D eigenvalue weighted by molar-refractivity contribution is 5.94. The van der Waals surface area contributed by atoms with E-state index in [1.807, 2.05) is 0 Å². The second kappa shape index (κ2) is 6.47. The number of phenolic OH excluding ortho intramolecular Hbond substituents is 1. The SMILES string of the molecule is N/C(=N/O)C1(NC(=O)Cc2ccccc2O)CCCCC1. The molecule has 1 aromatic carbocycles. The number of nitrogens with two attached hydrogens (primary N) is 1. The average molecular weight is 291 g/mol. The van der Waals surface area contributed by atoms with Crippen molar-refractivity contribution in [3.05, 3.63) is 29.8 Å². The number of para-hydroxylation sites is 1. The maximum atomic E-state index is 12.2. The Hall–Kier alpha value is -2.24. The predicted molar refractivity (Wildman–Crippen MR) is 79.2 cm³/mol. The number of nitrogens with zero attached hydrogens (tertiary/aromatic N) is 1. The van der Waals surface area contributed by atoms with Crippen molar-refractivity contribution in [2.75, 3.05) is 0 Å². The molecule has 0 bridgehead atoms. The van der Waals surface area contributed by atoms with Crippen LogP contribution in [-0.2, 0) is 11.2 Å². The average Bonchev–Trinajstić information content (AvgIpc) is 2.49. The first kappa shape index (κ1) is 15.2. The number of rotatable bonds is 4. The van der Waals surface area contributed by atoms with Crippen LogP contribution < -0.4 is 11.1 Å². The molecule has 1 amide bonds. The molecular weight excluding hydrogens is 270 g/mol. The van der Waals surface area contributed by atoms with Gasteiger partial charge in [-0.15, -0.1) is 0 Å². The topological polar surface area (TPSA) is 108 Å². The number of carbonyl (C=O) groups excluding carboxylic acids is 1. The van der Waals surface area contributed by atoms with Crippen LogP contribution in [0.1, 0.15) is 37.7 Å². The van der Waals surface area contributed by atoms with Gasteiger partial charge in [-0.05, 0) is 18.9 Å². The van der Waals surface area contributed by atoms with Crippen LogP contribution in [0.25, 0.3) is 0 Å². The number of nitrogens with one attached hydrogen (secondary N) is 1. The lowest BCUT2D eigenvalue weighted by Gasteiger charge is -2.36. The van der Waals surface area contributed by atoms with Gasteiger partial charge in [0.05, 0.1) is 6.42 Å². The second-order valence-corrected chi connectivity index (χ2v) is 5.48. The zero-order valence-electron chi connectivity index (χ0n) is 11.9. The first-order valence-corrected chi connectivity index (χ1v) is 7.13. The summed E-state index contributed by atoms with van der Waals surface area (Å²) in [6.07, 6.45) is 4.31. The molecule has 5 N–H and O–H groups in total. The minimum atomic E-state index is -0.769. The zero-order valence-corrected chi connectivity index (χ0v) is 11.9. The summed E-state index contributed by atoms with van der Waals surface area (Å²) in [6.45, 7) is 0. The lowest BCUT2D eigenvalue weighted by molar-refractivity contribution is -0.122. The molecule has 0 radical (unpaired) electrons. The molecule has 0 aromatic heterocycles. The molecule has 1 aromatic rings. The molecule has 1 aliphatic rings. The summed E-state index contributed by atoms with van der Waals surface area (Å²) in [4.78, 5) is 12.2. The van der Waals surface area contributed by atoms with Crippen molar-refractivity contribution in [3.63, 3.8) is 0 Å². The van der Waals surface area contributed by atoms with Gasteiger partial charge in [-0.3, -0.25) is 4.79 Å². The van der Waals surface area contributed by atoms with Crippen LogP contribution in [-0.4, -0.2) is 27.6 Å². The summed E-state index contributed by atoms with van der Waals surface area (Å²) < 4.78 is 0. The quantitative estimate of drug-likeness (QED) is 0.292. The van der Waals surface area contributed by atoms with Crippen LogP contribution in [0, 0.1) is 0 Å². The Morgan fingerprint density at radius 3 is 2.57 bits per heavy atom. The Morgan fingerprint density at radius 2 is 1.95 bits per heavy atom. The Balaban J connectivity index is 2.10. The van der Waals surface area contributed by atoms with Gasteiger partial charge in [-0.1, -0.05) is 42.6 Å². The summed E-state index contributed by atoms with van der Waals surface area (Å²) in [5.74, 6) is -0.105. The first-order chi connectivity index (χ1) is 10.1. The van der Waals surface area contributed by atoms with Gasteiger partial charge >= 0.3 is 0 Å². The number of aromatic hydroxyl groups is 1. The van der Waals surface area contributed by atoms with Gasteiger partial charge in [-0.25, -0.2) is 0 Å². The second-order valence-electron chi connectivity index (χ2n) is 5.48. The standard InChI is InChI=1S/C15H21N3O3/c16-14(18-21)15(8-4-1-5-9-15)17-13(20)10-11-6-2-3-7-12(11)19/h2-3,6-7,19,21H,1,4-5,8-10H2,(H2,16,18)(H,17,20). The van der Waals surface area contributed by atoms with Gasteiger partial charge < -0.3 is 21.4 Å². The number of benzene rings is 1. The van der Waals surface area contributed by atoms with Crippen molar-refractivity contribution in [1.82, 2.24) is 5.32 Å². The highest BCUT2D eigenvalue weighted by Gasteiger charge is 2.38. The molecule has 0 heterocycles. The van der Waals surface area contributed by atoms with Gasteiger partial charge in [0.1, 0.15) is 11.3 Å². The molecule has 1 saturated carbocycles. The van der Waals surface area contributed by atoms with Crippen molar-refractivity contribution >= 4 is 11.7 Å². The van der Waals surface area contributed by atoms with E-state index in [0.29, 0.717) is 18.4 Å². The fraction of sp³-hybridized carbons (Fsp3) is 0.467. The molecule has 0 unspecified atom stereocenters. The highest BCUT2D eigenvalue weighted by Crippen LogP contribution is 2.29. The molecule has 2 rings (SSSR count). The minimum Gasteiger partial charge on any atom is -0.508 e. The first-order valence-electron chi connectivity index (χ1n) is 7.13. The van der Waals surface area contributed by atoms with Crippen LogP contribution in [0.15, 0.2) is 29.4 Å². The van der Waals surface area contributed by atoms with Crippen molar-refractivity contribution < 1.29 is 15.1 Å². The summed E-state index contributed by atoms with van der Waals surface area (Å²) in [7, 11) is 0. The molecule has 114 valence electrons. The van der Waals surface area contributed by atoms with E-state index in [0.717, 1.165) is 19.3 Å². The molecule has 1 fully saturated rings. The Kier molecular flexibility index (Phi) is 4.67. The number of amides is 1. The Morgan fingerprint density at radius 1 is 1.29 bits per heavy atom. The lowest BCUT2D eigenvalue weighted by atomic mass is 9.80. The number of oxime groups is 1. The molecule has 0 spiro atoms. The molecule has 6 heteroatoms. The van der Waals surface area contributed by atoms with E-state index in [9.17, 15) is 9.90 Å². The van der Waals surface area contributed by atoms with Crippen molar-refractivity contribution in [2.45, 2.75) is 44.1 Å². The third-order valence-corrected chi connectivity index (χ3v) is 4.03. The molecule has 0 saturated heterocycles. The molecule has 0 atom stereocenters. The third kappa shape index (κ3) is 3.45. The van der Waals surface area contributed by atoms with Crippen LogP contribution in [0.2, 0.25) is 0 Å². The van der Waals surface area contributed by atoms with E-state index < -0.39 is 5.54 Å². The number of carbonyl (C=O) groups is 1. The van der Waals surface area contributed by atoms with Gasteiger partial charge in [0, 0.05) is 5.56 Å². The van der Waals surface area contributed by atoms with E-state index in [1.54, 1.807) is 24.3 Å². The maximum Gasteiger partial charge on any atom is 0.225 e. The van der Waals surface area contributed by atoms with E-state index in [-0.39, 0.29) is 23.9 Å². The zero-order chi connectivity index (χ0) is 15.3. The molecule has 1 aliphatic carbocycles. The molecule has 21 heavy (non-hydrogen) atoms. The summed E-state index contributed by atoms with van der Waals surface area (Å²) in [5.41, 5.74) is 5.58. The van der Waals surface area contributed by atoms with E-state index in [2.05, 4.69) is 10.5 Å². The van der Waals surface area contributed by atoms with Crippen LogP contribution in [0.4, 0.5) is 0 Å². The number of hydrogen-bond acceptors (Lipinski definition) is 4. The Labute approximate surface area is 123 Å². The number of hydrogen-bond donors (Lipinski definition) is 4. The Bertz CT molecular complexity index is 537. The highest BCUT2D eigenvalue weighted by atomic mass is 16.4. The normalized spacial score (nSPS) is 18.2. The van der Waals surface area contributed by atoms with Crippen molar-refractivity contribution in [3.8, 4) is 5.75 Å². The fourth-order valence-corrected chi connectivity index (χ4v) is 2.84. The monoisotopic (exact) mass is 291 g/mol. The summed E-state index contributed by atoms with van der Waals surface area (Å²) in [5, 5.41) is 24.7. The lowest BCUT2D eigenvalue weighted by Crippen LogP contribution is -2.58. The van der Waals surface area contributed by atoms with E-state index >= 15 is 0 Å². The van der Waals surface area contributed by atoms with Crippen molar-refractivity contribution in [1.29, 1.82) is 0 Å². The van der Waals surface area contributed by atoms with Crippen LogP contribution >= 0.6 is 0 Å². The summed E-state index contributed by atoms with van der Waals surface area (Å²) >= 11 is 0. The molecule has 6 nitrogen and oxygen atoms in total. The third-order valence-electron chi connectivity index (χ3n) is 4.03. The van der Waals surface area contributed by atoms with Gasteiger partial charge in [-0.2, -0.15) is 0 Å². The van der Waals surface area contributed by atoms with Gasteiger partial charge in [0.15, 0.2) is 5.84 Å². The van der Waals surface area contributed by atoms with Crippen LogP contribution in [0.5, 0.6) is 5.75 Å². The predicted octanol–water partition coefficient (Wildman–Crippen LogP) is 1.50. The number of phenols is 1. The van der Waals surface area contributed by atoms with Crippen LogP contribution in [0.3, 0.4) is 0 Å². The largest absolute Gasteiger partial charge is 0.508 e. The molecule has 0 aliphatic heterocycles. The van der Waals surface area contributed by atoms with Gasteiger partial charge in [0.25, 0.3) is 0 Å².